The minimum absolute atomic E-state index is 0.266. The van der Waals surface area contributed by atoms with E-state index in [4.69, 9.17) is 9.15 Å². The lowest BCUT2D eigenvalue weighted by Gasteiger charge is -2.29. The van der Waals surface area contributed by atoms with Crippen LogP contribution in [0, 0.1) is 6.92 Å². The van der Waals surface area contributed by atoms with Crippen LogP contribution in [0.3, 0.4) is 0 Å². The summed E-state index contributed by atoms with van der Waals surface area (Å²) in [6.45, 7) is 3.99. The second-order valence-corrected chi connectivity index (χ2v) is 7.82. The monoisotopic (exact) mass is 397 g/mol. The Labute approximate surface area is 175 Å². The molecule has 0 amide bonds. The van der Waals surface area contributed by atoms with Crippen molar-refractivity contribution >= 4 is 11.0 Å². The molecule has 4 aromatic rings. The molecule has 5 rings (SSSR count). The largest absolute Gasteiger partial charge is 0.478 e. The van der Waals surface area contributed by atoms with E-state index in [0.29, 0.717) is 30.8 Å². The Kier molecular flexibility index (Phi) is 4.85. The van der Waals surface area contributed by atoms with Gasteiger partial charge >= 0.3 is 5.63 Å². The quantitative estimate of drug-likeness (QED) is 0.452. The van der Waals surface area contributed by atoms with Gasteiger partial charge in [-0.25, -0.2) is 4.79 Å². The molecule has 30 heavy (non-hydrogen) atoms. The minimum atomic E-state index is -0.266. The van der Waals surface area contributed by atoms with E-state index in [0.717, 1.165) is 34.4 Å². The van der Waals surface area contributed by atoms with Gasteiger partial charge in [-0.3, -0.25) is 4.90 Å². The zero-order valence-electron chi connectivity index (χ0n) is 16.9. The van der Waals surface area contributed by atoms with Gasteiger partial charge in [-0.15, -0.1) is 0 Å². The summed E-state index contributed by atoms with van der Waals surface area (Å²) >= 11 is 0. The van der Waals surface area contributed by atoms with Crippen molar-refractivity contribution in [2.24, 2.45) is 0 Å². The summed E-state index contributed by atoms with van der Waals surface area (Å²) in [5, 5.41) is 0.976. The first-order chi connectivity index (χ1) is 14.7. The molecule has 0 unspecified atom stereocenters. The SMILES string of the molecule is Cc1c(Cc2ccccc2)c(=O)oc2c3c(ccc12)OCN(Cc1ccccc1)C3. The van der Waals surface area contributed by atoms with Crippen LogP contribution in [-0.4, -0.2) is 11.6 Å². The van der Waals surface area contributed by atoms with Gasteiger partial charge in [0, 0.05) is 30.5 Å². The maximum absolute atomic E-state index is 12.9. The molecular formula is C26H23NO3. The molecule has 1 aromatic heterocycles. The molecule has 0 radical (unpaired) electrons. The van der Waals surface area contributed by atoms with Crippen LogP contribution in [0.25, 0.3) is 11.0 Å². The van der Waals surface area contributed by atoms with Gasteiger partial charge in [-0.05, 0) is 35.7 Å². The maximum atomic E-state index is 12.9. The molecule has 2 heterocycles. The van der Waals surface area contributed by atoms with E-state index in [1.807, 2.05) is 67.6 Å². The fourth-order valence-corrected chi connectivity index (χ4v) is 4.15. The number of nitrogens with zero attached hydrogens (tertiary/aromatic N) is 1. The molecule has 1 aliphatic rings. The second-order valence-electron chi connectivity index (χ2n) is 7.82. The molecule has 1 aliphatic heterocycles. The Bertz CT molecular complexity index is 1250. The fourth-order valence-electron chi connectivity index (χ4n) is 4.15. The molecule has 3 aromatic carbocycles. The average Bonchev–Trinajstić information content (AvgIpc) is 2.78. The number of aryl methyl sites for hydroxylation is 1. The molecule has 4 nitrogen and oxygen atoms in total. The normalized spacial score (nSPS) is 13.8. The number of fused-ring (bicyclic) bond motifs is 3. The zero-order valence-corrected chi connectivity index (χ0v) is 16.9. The van der Waals surface area contributed by atoms with Crippen molar-refractivity contribution in [3.63, 3.8) is 0 Å². The number of hydrogen-bond donors (Lipinski definition) is 0. The lowest BCUT2D eigenvalue weighted by molar-refractivity contribution is 0.0889. The Morgan fingerprint density at radius 2 is 1.60 bits per heavy atom. The highest BCUT2D eigenvalue weighted by Crippen LogP contribution is 2.34. The molecule has 0 spiro atoms. The van der Waals surface area contributed by atoms with Crippen LogP contribution in [0.1, 0.15) is 27.8 Å². The van der Waals surface area contributed by atoms with Gasteiger partial charge < -0.3 is 9.15 Å². The summed E-state index contributed by atoms with van der Waals surface area (Å²) < 4.78 is 11.9. The highest BCUT2D eigenvalue weighted by molar-refractivity contribution is 5.86. The summed E-state index contributed by atoms with van der Waals surface area (Å²) in [7, 11) is 0. The van der Waals surface area contributed by atoms with Gasteiger partial charge in [0.1, 0.15) is 18.1 Å². The summed E-state index contributed by atoms with van der Waals surface area (Å²) in [6.07, 6.45) is 0.568. The lowest BCUT2D eigenvalue weighted by Crippen LogP contribution is -2.31. The predicted octanol–water partition coefficient (Wildman–Crippen LogP) is 5.04. The third-order valence-corrected chi connectivity index (χ3v) is 5.77. The summed E-state index contributed by atoms with van der Waals surface area (Å²) in [6, 6.07) is 24.3. The number of ether oxygens (including phenoxy) is 1. The van der Waals surface area contributed by atoms with Gasteiger partial charge in [-0.1, -0.05) is 60.7 Å². The van der Waals surface area contributed by atoms with Crippen molar-refractivity contribution in [3.05, 3.63) is 111 Å². The Morgan fingerprint density at radius 3 is 2.33 bits per heavy atom. The molecule has 0 fully saturated rings. The third kappa shape index (κ3) is 3.51. The average molecular weight is 397 g/mol. The topological polar surface area (TPSA) is 42.7 Å². The van der Waals surface area contributed by atoms with Crippen molar-refractivity contribution in [2.75, 3.05) is 6.73 Å². The van der Waals surface area contributed by atoms with E-state index in [1.54, 1.807) is 0 Å². The highest BCUT2D eigenvalue weighted by Gasteiger charge is 2.23. The predicted molar refractivity (Wildman–Crippen MR) is 118 cm³/mol. The summed E-state index contributed by atoms with van der Waals surface area (Å²) in [5.74, 6) is 0.796. The van der Waals surface area contributed by atoms with Crippen LogP contribution in [0.4, 0.5) is 0 Å². The lowest BCUT2D eigenvalue weighted by atomic mass is 9.97. The van der Waals surface area contributed by atoms with E-state index in [9.17, 15) is 4.79 Å². The molecule has 0 aliphatic carbocycles. The van der Waals surface area contributed by atoms with Gasteiger partial charge in [0.15, 0.2) is 0 Å². The minimum Gasteiger partial charge on any atom is -0.478 e. The third-order valence-electron chi connectivity index (χ3n) is 5.77. The van der Waals surface area contributed by atoms with Gasteiger partial charge in [0.05, 0.1) is 5.56 Å². The van der Waals surface area contributed by atoms with E-state index in [-0.39, 0.29) is 5.63 Å². The molecule has 0 saturated heterocycles. The Morgan fingerprint density at radius 1 is 0.900 bits per heavy atom. The van der Waals surface area contributed by atoms with Crippen LogP contribution in [0.15, 0.2) is 82.0 Å². The number of hydrogen-bond acceptors (Lipinski definition) is 4. The van der Waals surface area contributed by atoms with Crippen molar-refractivity contribution in [2.45, 2.75) is 26.4 Å². The molecule has 150 valence electrons. The highest BCUT2D eigenvalue weighted by atomic mass is 16.5. The van der Waals surface area contributed by atoms with Crippen LogP contribution >= 0.6 is 0 Å². The molecule has 0 atom stereocenters. The Hall–Kier alpha value is -3.37. The van der Waals surface area contributed by atoms with Crippen LogP contribution in [0.2, 0.25) is 0 Å². The van der Waals surface area contributed by atoms with Crippen LogP contribution in [-0.2, 0) is 19.5 Å². The second kappa shape index (κ2) is 7.81. The zero-order chi connectivity index (χ0) is 20.5. The molecule has 0 bridgehead atoms. The smallest absolute Gasteiger partial charge is 0.340 e. The molecular weight excluding hydrogens is 374 g/mol. The summed E-state index contributed by atoms with van der Waals surface area (Å²) in [4.78, 5) is 15.1. The van der Waals surface area contributed by atoms with Crippen molar-refractivity contribution < 1.29 is 9.15 Å². The van der Waals surface area contributed by atoms with Gasteiger partial charge in [0.25, 0.3) is 0 Å². The molecule has 0 saturated carbocycles. The summed E-state index contributed by atoms with van der Waals surface area (Å²) in [5.41, 5.74) is 5.35. The maximum Gasteiger partial charge on any atom is 0.340 e. The van der Waals surface area contributed by atoms with Gasteiger partial charge in [-0.2, -0.15) is 0 Å². The van der Waals surface area contributed by atoms with Crippen LogP contribution < -0.4 is 10.4 Å². The number of rotatable bonds is 4. The van der Waals surface area contributed by atoms with E-state index >= 15 is 0 Å². The first kappa shape index (κ1) is 18.6. The molecule has 0 N–H and O–H groups in total. The van der Waals surface area contributed by atoms with Gasteiger partial charge in [0.2, 0.25) is 0 Å². The van der Waals surface area contributed by atoms with E-state index in [1.165, 1.54) is 5.56 Å². The van der Waals surface area contributed by atoms with E-state index < -0.39 is 0 Å². The van der Waals surface area contributed by atoms with Crippen molar-refractivity contribution in [1.82, 2.24) is 4.90 Å². The van der Waals surface area contributed by atoms with Crippen molar-refractivity contribution in [1.29, 1.82) is 0 Å². The first-order valence-corrected chi connectivity index (χ1v) is 10.2. The number of benzene rings is 3. The molecule has 4 heteroatoms. The van der Waals surface area contributed by atoms with E-state index in [2.05, 4.69) is 17.0 Å². The van der Waals surface area contributed by atoms with Crippen LogP contribution in [0.5, 0.6) is 5.75 Å². The first-order valence-electron chi connectivity index (χ1n) is 10.2. The Balaban J connectivity index is 1.52. The standard InChI is InChI=1S/C26H23NO3/c1-18-21-12-13-24-23(16-27(17-29-24)15-20-10-6-3-7-11-20)25(21)30-26(28)22(18)14-19-8-4-2-5-9-19/h2-13H,14-17H2,1H3. The van der Waals surface area contributed by atoms with Crippen molar-refractivity contribution in [3.8, 4) is 5.75 Å². The fraction of sp³-hybridized carbons (Fsp3) is 0.192.